The molecule has 0 spiro atoms. The Morgan fingerprint density at radius 1 is 1.16 bits per heavy atom. The molecule has 1 aromatic carbocycles. The Morgan fingerprint density at radius 3 is 2.53 bits per heavy atom. The van der Waals surface area contributed by atoms with Crippen LogP contribution in [-0.4, -0.2) is 11.6 Å². The number of pyridine rings is 1. The topological polar surface area (TPSA) is 57.9 Å². The highest BCUT2D eigenvalue weighted by atomic mass is 19.3. The third-order valence-electron chi connectivity index (χ3n) is 2.22. The summed E-state index contributed by atoms with van der Waals surface area (Å²) in [6, 6.07) is 12.9. The standard InChI is InChI=1S/C13H9F2N3O/c14-13(15)19-11-6-4-9(5-7-11)17-12-3-1-2-10(8-16)18-12/h1-7,13H,(H,17,18). The second kappa shape index (κ2) is 5.78. The molecule has 0 saturated carbocycles. The summed E-state index contributed by atoms with van der Waals surface area (Å²) in [6.45, 7) is -2.84. The highest BCUT2D eigenvalue weighted by molar-refractivity contribution is 5.57. The van der Waals surface area contributed by atoms with Crippen LogP contribution in [0.1, 0.15) is 5.69 Å². The summed E-state index contributed by atoms with van der Waals surface area (Å²) >= 11 is 0. The van der Waals surface area contributed by atoms with Gasteiger partial charge in [-0.15, -0.1) is 0 Å². The summed E-state index contributed by atoms with van der Waals surface area (Å²) in [5, 5.41) is 11.7. The zero-order valence-corrected chi connectivity index (χ0v) is 9.68. The summed E-state index contributed by atoms with van der Waals surface area (Å²) < 4.78 is 28.2. The van der Waals surface area contributed by atoms with Gasteiger partial charge in [0.1, 0.15) is 23.3 Å². The van der Waals surface area contributed by atoms with Crippen molar-refractivity contribution in [2.24, 2.45) is 0 Å². The zero-order chi connectivity index (χ0) is 13.7. The highest BCUT2D eigenvalue weighted by Gasteiger charge is 2.04. The third-order valence-corrected chi connectivity index (χ3v) is 2.22. The van der Waals surface area contributed by atoms with E-state index in [9.17, 15) is 8.78 Å². The van der Waals surface area contributed by atoms with Gasteiger partial charge in [0.15, 0.2) is 0 Å². The van der Waals surface area contributed by atoms with Crippen LogP contribution in [0.2, 0.25) is 0 Å². The number of rotatable bonds is 4. The number of nitrogens with zero attached hydrogens (tertiary/aromatic N) is 2. The molecule has 0 aliphatic rings. The smallest absolute Gasteiger partial charge is 0.387 e. The van der Waals surface area contributed by atoms with Crippen LogP contribution in [-0.2, 0) is 0 Å². The molecule has 2 rings (SSSR count). The molecule has 1 heterocycles. The Balaban J connectivity index is 2.09. The molecule has 6 heteroatoms. The van der Waals surface area contributed by atoms with Gasteiger partial charge in [-0.25, -0.2) is 4.98 Å². The van der Waals surface area contributed by atoms with E-state index in [1.807, 2.05) is 6.07 Å². The fourth-order valence-electron chi connectivity index (χ4n) is 1.43. The second-order valence-corrected chi connectivity index (χ2v) is 3.55. The molecule has 1 N–H and O–H groups in total. The van der Waals surface area contributed by atoms with E-state index in [0.29, 0.717) is 17.2 Å². The predicted octanol–water partition coefficient (Wildman–Crippen LogP) is 3.30. The summed E-state index contributed by atoms with van der Waals surface area (Å²) in [4.78, 5) is 4.03. The SMILES string of the molecule is N#Cc1cccc(Nc2ccc(OC(F)F)cc2)n1. The molecule has 0 atom stereocenters. The van der Waals surface area contributed by atoms with Gasteiger partial charge in [-0.2, -0.15) is 14.0 Å². The number of anilines is 2. The summed E-state index contributed by atoms with van der Waals surface area (Å²) in [5.74, 6) is 0.584. The molecule has 2 aromatic rings. The van der Waals surface area contributed by atoms with Gasteiger partial charge in [-0.05, 0) is 36.4 Å². The van der Waals surface area contributed by atoms with Crippen molar-refractivity contribution in [3.05, 3.63) is 48.2 Å². The maximum absolute atomic E-state index is 12.0. The molecule has 96 valence electrons. The molecular weight excluding hydrogens is 252 g/mol. The van der Waals surface area contributed by atoms with Gasteiger partial charge in [0.05, 0.1) is 0 Å². The number of benzene rings is 1. The maximum atomic E-state index is 12.0. The Labute approximate surface area is 108 Å². The van der Waals surface area contributed by atoms with E-state index in [0.717, 1.165) is 0 Å². The molecule has 0 bridgehead atoms. The number of aromatic nitrogens is 1. The van der Waals surface area contributed by atoms with Crippen LogP contribution in [0, 0.1) is 11.3 Å². The van der Waals surface area contributed by atoms with Crippen molar-refractivity contribution in [1.29, 1.82) is 5.26 Å². The van der Waals surface area contributed by atoms with Crippen LogP contribution in [0.4, 0.5) is 20.3 Å². The number of ether oxygens (including phenoxy) is 1. The van der Waals surface area contributed by atoms with Gasteiger partial charge in [0.25, 0.3) is 0 Å². The van der Waals surface area contributed by atoms with Crippen LogP contribution in [0.5, 0.6) is 5.75 Å². The van der Waals surface area contributed by atoms with Crippen molar-refractivity contribution in [3.63, 3.8) is 0 Å². The lowest BCUT2D eigenvalue weighted by atomic mass is 10.3. The first-order chi connectivity index (χ1) is 9.17. The predicted molar refractivity (Wildman–Crippen MR) is 65.3 cm³/mol. The van der Waals surface area contributed by atoms with Crippen LogP contribution < -0.4 is 10.1 Å². The number of nitriles is 1. The third kappa shape index (κ3) is 3.64. The first-order valence-electron chi connectivity index (χ1n) is 5.36. The molecule has 0 saturated heterocycles. The van der Waals surface area contributed by atoms with Crippen molar-refractivity contribution in [1.82, 2.24) is 4.98 Å². The molecule has 0 unspecified atom stereocenters. The molecular formula is C13H9F2N3O. The monoisotopic (exact) mass is 261 g/mol. The van der Waals surface area contributed by atoms with Crippen LogP contribution in [0.15, 0.2) is 42.5 Å². The number of hydrogen-bond donors (Lipinski definition) is 1. The van der Waals surface area contributed by atoms with Gasteiger partial charge >= 0.3 is 6.61 Å². The summed E-state index contributed by atoms with van der Waals surface area (Å²) in [7, 11) is 0. The van der Waals surface area contributed by atoms with Crippen molar-refractivity contribution in [2.75, 3.05) is 5.32 Å². The Bertz CT molecular complexity index is 594. The van der Waals surface area contributed by atoms with E-state index in [2.05, 4.69) is 15.0 Å². The molecule has 0 aliphatic carbocycles. The lowest BCUT2D eigenvalue weighted by Gasteiger charge is -2.07. The van der Waals surface area contributed by atoms with Gasteiger partial charge in [0.2, 0.25) is 0 Å². The Hall–Kier alpha value is -2.68. The number of alkyl halides is 2. The van der Waals surface area contributed by atoms with Crippen molar-refractivity contribution < 1.29 is 13.5 Å². The molecule has 0 radical (unpaired) electrons. The lowest BCUT2D eigenvalue weighted by molar-refractivity contribution is -0.0498. The Morgan fingerprint density at radius 2 is 1.89 bits per heavy atom. The van der Waals surface area contributed by atoms with Crippen molar-refractivity contribution >= 4 is 11.5 Å². The minimum atomic E-state index is -2.84. The summed E-state index contributed by atoms with van der Waals surface area (Å²) in [6.07, 6.45) is 0. The number of halogens is 2. The van der Waals surface area contributed by atoms with Crippen LogP contribution in [0.25, 0.3) is 0 Å². The molecule has 1 aromatic heterocycles. The lowest BCUT2D eigenvalue weighted by Crippen LogP contribution is -2.01. The largest absolute Gasteiger partial charge is 0.435 e. The fourth-order valence-corrected chi connectivity index (χ4v) is 1.43. The average Bonchev–Trinajstić information content (AvgIpc) is 2.41. The molecule has 0 amide bonds. The molecule has 4 nitrogen and oxygen atoms in total. The van der Waals surface area contributed by atoms with E-state index in [1.165, 1.54) is 12.1 Å². The van der Waals surface area contributed by atoms with Crippen molar-refractivity contribution in [2.45, 2.75) is 6.61 Å². The molecule has 19 heavy (non-hydrogen) atoms. The summed E-state index contributed by atoms with van der Waals surface area (Å²) in [5.41, 5.74) is 0.951. The average molecular weight is 261 g/mol. The van der Waals surface area contributed by atoms with Crippen LogP contribution in [0.3, 0.4) is 0 Å². The van der Waals surface area contributed by atoms with E-state index in [1.54, 1.807) is 30.3 Å². The van der Waals surface area contributed by atoms with Crippen molar-refractivity contribution in [3.8, 4) is 11.8 Å². The van der Waals surface area contributed by atoms with Gasteiger partial charge < -0.3 is 10.1 Å². The second-order valence-electron chi connectivity index (χ2n) is 3.55. The zero-order valence-electron chi connectivity index (χ0n) is 9.68. The molecule has 0 aliphatic heterocycles. The van der Waals surface area contributed by atoms with E-state index in [-0.39, 0.29) is 5.75 Å². The Kier molecular flexibility index (Phi) is 3.88. The van der Waals surface area contributed by atoms with E-state index >= 15 is 0 Å². The quantitative estimate of drug-likeness (QED) is 0.917. The number of hydrogen-bond acceptors (Lipinski definition) is 4. The first-order valence-corrected chi connectivity index (χ1v) is 5.36. The maximum Gasteiger partial charge on any atom is 0.387 e. The minimum Gasteiger partial charge on any atom is -0.435 e. The van der Waals surface area contributed by atoms with E-state index < -0.39 is 6.61 Å². The van der Waals surface area contributed by atoms with Gasteiger partial charge in [-0.3, -0.25) is 0 Å². The van der Waals surface area contributed by atoms with E-state index in [4.69, 9.17) is 5.26 Å². The highest BCUT2D eigenvalue weighted by Crippen LogP contribution is 2.20. The first kappa shape index (κ1) is 12.8. The number of nitrogens with one attached hydrogen (secondary N) is 1. The minimum absolute atomic E-state index is 0.0827. The normalized spacial score (nSPS) is 10.0. The fraction of sp³-hybridized carbons (Fsp3) is 0.0769. The van der Waals surface area contributed by atoms with Gasteiger partial charge in [-0.1, -0.05) is 6.07 Å². The van der Waals surface area contributed by atoms with Gasteiger partial charge in [0, 0.05) is 5.69 Å². The molecule has 0 fully saturated rings. The van der Waals surface area contributed by atoms with Crippen LogP contribution >= 0.6 is 0 Å².